The Hall–Kier alpha value is -1.06. The molecule has 1 aromatic rings. The van der Waals surface area contributed by atoms with Gasteiger partial charge in [0.2, 0.25) is 5.91 Å². The van der Waals surface area contributed by atoms with Crippen molar-refractivity contribution in [3.05, 3.63) is 34.9 Å². The van der Waals surface area contributed by atoms with Crippen molar-refractivity contribution in [2.24, 2.45) is 11.8 Å². The highest BCUT2D eigenvalue weighted by molar-refractivity contribution is 6.30. The van der Waals surface area contributed by atoms with E-state index in [0.29, 0.717) is 5.92 Å². The number of hydrogen-bond acceptors (Lipinski definition) is 2. The highest BCUT2D eigenvalue weighted by Gasteiger charge is 2.31. The average Bonchev–Trinajstić information content (AvgIpc) is 2.60. The SMILES string of the molecule is C[C@H](C(=O)N(C)[C@H](C)[C@H](C)c1ccc(Cl)cc1)C1CCOCC1. The van der Waals surface area contributed by atoms with Crippen molar-refractivity contribution in [2.45, 2.75) is 45.6 Å². The van der Waals surface area contributed by atoms with Crippen LogP contribution < -0.4 is 0 Å². The molecule has 1 heterocycles. The van der Waals surface area contributed by atoms with Crippen LogP contribution in [0.3, 0.4) is 0 Å². The van der Waals surface area contributed by atoms with E-state index in [0.717, 1.165) is 31.1 Å². The lowest BCUT2D eigenvalue weighted by molar-refractivity contribution is -0.138. The molecule has 1 aliphatic heterocycles. The lowest BCUT2D eigenvalue weighted by Crippen LogP contribution is -2.43. The molecule has 1 aliphatic rings. The maximum atomic E-state index is 12.8. The number of amides is 1. The van der Waals surface area contributed by atoms with Gasteiger partial charge in [0.15, 0.2) is 0 Å². The van der Waals surface area contributed by atoms with Gasteiger partial charge in [-0.25, -0.2) is 0 Å². The number of benzene rings is 1. The zero-order chi connectivity index (χ0) is 17.0. The fourth-order valence-electron chi connectivity index (χ4n) is 3.32. The topological polar surface area (TPSA) is 29.5 Å². The van der Waals surface area contributed by atoms with E-state index in [2.05, 4.69) is 20.8 Å². The first kappa shape index (κ1) is 18.3. The van der Waals surface area contributed by atoms with Crippen LogP contribution in [0.2, 0.25) is 5.02 Å². The molecule has 0 N–H and O–H groups in total. The van der Waals surface area contributed by atoms with Crippen LogP contribution in [-0.4, -0.2) is 37.1 Å². The summed E-state index contributed by atoms with van der Waals surface area (Å²) >= 11 is 5.96. The van der Waals surface area contributed by atoms with Crippen LogP contribution in [0.1, 0.15) is 45.1 Å². The molecular weight excluding hydrogens is 310 g/mol. The lowest BCUT2D eigenvalue weighted by Gasteiger charge is -2.35. The Bertz CT molecular complexity index is 511. The van der Waals surface area contributed by atoms with E-state index < -0.39 is 0 Å². The summed E-state index contributed by atoms with van der Waals surface area (Å²) in [6, 6.07) is 8.05. The molecular formula is C19H28ClNO2. The van der Waals surface area contributed by atoms with E-state index in [9.17, 15) is 4.79 Å². The number of ether oxygens (including phenoxy) is 1. The summed E-state index contributed by atoms with van der Waals surface area (Å²) in [4.78, 5) is 14.8. The first-order chi connectivity index (χ1) is 10.9. The van der Waals surface area contributed by atoms with Crippen LogP contribution in [0.5, 0.6) is 0 Å². The van der Waals surface area contributed by atoms with Crippen LogP contribution in [0, 0.1) is 11.8 Å². The number of halogens is 1. The van der Waals surface area contributed by atoms with Gasteiger partial charge in [0.05, 0.1) is 0 Å². The van der Waals surface area contributed by atoms with Crippen LogP contribution in [0.25, 0.3) is 0 Å². The zero-order valence-electron chi connectivity index (χ0n) is 14.6. The Labute approximate surface area is 145 Å². The second-order valence-corrected chi connectivity index (χ2v) is 7.20. The summed E-state index contributed by atoms with van der Waals surface area (Å²) in [5, 5.41) is 0.742. The van der Waals surface area contributed by atoms with E-state index in [1.54, 1.807) is 0 Å². The first-order valence-corrected chi connectivity index (χ1v) is 8.89. The quantitative estimate of drug-likeness (QED) is 0.799. The average molecular weight is 338 g/mol. The Morgan fingerprint density at radius 3 is 2.30 bits per heavy atom. The molecule has 4 heteroatoms. The molecule has 1 fully saturated rings. The second kappa shape index (κ2) is 8.16. The van der Waals surface area contributed by atoms with Gasteiger partial charge in [-0.15, -0.1) is 0 Å². The van der Waals surface area contributed by atoms with Crippen molar-refractivity contribution in [1.82, 2.24) is 4.90 Å². The first-order valence-electron chi connectivity index (χ1n) is 8.51. The molecule has 3 nitrogen and oxygen atoms in total. The molecule has 0 unspecified atom stereocenters. The summed E-state index contributed by atoms with van der Waals surface area (Å²) < 4.78 is 5.41. The second-order valence-electron chi connectivity index (χ2n) is 6.77. The molecule has 3 atom stereocenters. The van der Waals surface area contributed by atoms with Gasteiger partial charge in [0, 0.05) is 43.2 Å². The van der Waals surface area contributed by atoms with Crippen molar-refractivity contribution < 1.29 is 9.53 Å². The molecule has 1 aromatic carbocycles. The number of hydrogen-bond donors (Lipinski definition) is 0. The minimum absolute atomic E-state index is 0.0590. The minimum Gasteiger partial charge on any atom is -0.381 e. The van der Waals surface area contributed by atoms with Crippen LogP contribution in [-0.2, 0) is 9.53 Å². The fourth-order valence-corrected chi connectivity index (χ4v) is 3.45. The van der Waals surface area contributed by atoms with E-state index >= 15 is 0 Å². The van der Waals surface area contributed by atoms with Gasteiger partial charge in [-0.2, -0.15) is 0 Å². The van der Waals surface area contributed by atoms with Crippen molar-refractivity contribution in [3.8, 4) is 0 Å². The molecule has 0 radical (unpaired) electrons. The highest BCUT2D eigenvalue weighted by atomic mass is 35.5. The van der Waals surface area contributed by atoms with Gasteiger partial charge in [-0.1, -0.05) is 37.6 Å². The lowest BCUT2D eigenvalue weighted by atomic mass is 9.85. The summed E-state index contributed by atoms with van der Waals surface area (Å²) in [5.74, 6) is 1.01. The Morgan fingerprint density at radius 1 is 1.17 bits per heavy atom. The maximum Gasteiger partial charge on any atom is 0.225 e. The predicted octanol–water partition coefficient (Wildman–Crippen LogP) is 4.35. The molecule has 0 aliphatic carbocycles. The van der Waals surface area contributed by atoms with Gasteiger partial charge >= 0.3 is 0 Å². The summed E-state index contributed by atoms with van der Waals surface area (Å²) in [6.45, 7) is 7.91. The van der Waals surface area contributed by atoms with Crippen molar-refractivity contribution in [2.75, 3.05) is 20.3 Å². The monoisotopic (exact) mass is 337 g/mol. The fraction of sp³-hybridized carbons (Fsp3) is 0.632. The molecule has 0 aromatic heterocycles. The van der Waals surface area contributed by atoms with Gasteiger partial charge in [0.1, 0.15) is 0 Å². The third kappa shape index (κ3) is 4.48. The van der Waals surface area contributed by atoms with Crippen molar-refractivity contribution in [3.63, 3.8) is 0 Å². The van der Waals surface area contributed by atoms with E-state index in [1.807, 2.05) is 36.2 Å². The van der Waals surface area contributed by atoms with Crippen LogP contribution in [0.4, 0.5) is 0 Å². The van der Waals surface area contributed by atoms with Crippen molar-refractivity contribution in [1.29, 1.82) is 0 Å². The zero-order valence-corrected chi connectivity index (χ0v) is 15.3. The maximum absolute atomic E-state index is 12.8. The Balaban J connectivity index is 2.00. The number of carbonyl (C=O) groups is 1. The van der Waals surface area contributed by atoms with Crippen molar-refractivity contribution >= 4 is 17.5 Å². The smallest absolute Gasteiger partial charge is 0.225 e. The molecule has 1 saturated heterocycles. The summed E-state index contributed by atoms with van der Waals surface area (Å²) in [6.07, 6.45) is 1.98. The Morgan fingerprint density at radius 2 is 1.74 bits per heavy atom. The highest BCUT2D eigenvalue weighted by Crippen LogP contribution is 2.28. The molecule has 23 heavy (non-hydrogen) atoms. The van der Waals surface area contributed by atoms with E-state index in [4.69, 9.17) is 16.3 Å². The number of rotatable bonds is 5. The molecule has 2 rings (SSSR count). The molecule has 0 spiro atoms. The molecule has 0 bridgehead atoms. The summed E-state index contributed by atoms with van der Waals surface area (Å²) in [5.41, 5.74) is 1.21. The summed E-state index contributed by atoms with van der Waals surface area (Å²) in [7, 11) is 1.93. The largest absolute Gasteiger partial charge is 0.381 e. The third-order valence-electron chi connectivity index (χ3n) is 5.44. The minimum atomic E-state index is 0.0590. The molecule has 128 valence electrons. The van der Waals surface area contributed by atoms with E-state index in [1.165, 1.54) is 5.56 Å². The van der Waals surface area contributed by atoms with Crippen LogP contribution >= 0.6 is 11.6 Å². The van der Waals surface area contributed by atoms with Gasteiger partial charge in [0.25, 0.3) is 0 Å². The standard InChI is InChI=1S/C19H28ClNO2/c1-13(16-5-7-18(20)8-6-16)15(3)21(4)19(22)14(2)17-9-11-23-12-10-17/h5-8,13-15,17H,9-12H2,1-4H3/t13-,14-,15+/m0/s1. The number of nitrogens with zero attached hydrogens (tertiary/aromatic N) is 1. The van der Waals surface area contributed by atoms with Crippen LogP contribution in [0.15, 0.2) is 24.3 Å². The Kier molecular flexibility index (Phi) is 6.49. The molecule has 1 amide bonds. The molecule has 0 saturated carbocycles. The van der Waals surface area contributed by atoms with E-state index in [-0.39, 0.29) is 23.8 Å². The number of carbonyl (C=O) groups excluding carboxylic acids is 1. The van der Waals surface area contributed by atoms with Gasteiger partial charge in [-0.3, -0.25) is 4.79 Å². The predicted molar refractivity (Wildman–Crippen MR) is 94.8 cm³/mol. The number of likely N-dealkylation sites (N-methyl/N-ethyl adjacent to an activating group) is 1. The third-order valence-corrected chi connectivity index (χ3v) is 5.69. The van der Waals surface area contributed by atoms with Gasteiger partial charge in [-0.05, 0) is 43.4 Å². The normalized spacial score (nSPS) is 19.9. The van der Waals surface area contributed by atoms with Gasteiger partial charge < -0.3 is 9.64 Å².